The van der Waals surface area contributed by atoms with Gasteiger partial charge in [0.2, 0.25) is 5.91 Å². The summed E-state index contributed by atoms with van der Waals surface area (Å²) in [5, 5.41) is 23.2. The van der Waals surface area contributed by atoms with E-state index in [1.165, 1.54) is 295 Å². The number of amides is 1. The zero-order chi connectivity index (χ0) is 55.7. The molecule has 2 atom stereocenters. The van der Waals surface area contributed by atoms with Crippen molar-refractivity contribution in [3.8, 4) is 0 Å². The van der Waals surface area contributed by atoms with E-state index in [1.54, 1.807) is 0 Å². The summed E-state index contributed by atoms with van der Waals surface area (Å²) < 4.78 is 5.51. The van der Waals surface area contributed by atoms with Gasteiger partial charge in [0.25, 0.3) is 0 Å². The van der Waals surface area contributed by atoms with E-state index in [9.17, 15) is 19.8 Å². The van der Waals surface area contributed by atoms with E-state index in [0.717, 1.165) is 51.4 Å². The van der Waals surface area contributed by atoms with Crippen LogP contribution in [0.2, 0.25) is 0 Å². The Morgan fingerprint density at radius 2 is 0.649 bits per heavy atom. The molecule has 0 heterocycles. The SMILES string of the molecule is CCCCC/C=C\C/C=C\CCCCCCCCCCCC(=O)OCCCCCCCCCCCCCC/C=C\CCCCCCCCCCCCCCCCC(=O)NC(CO)C(O)CCCCCCCCCCCCC. The minimum Gasteiger partial charge on any atom is -0.466 e. The van der Waals surface area contributed by atoms with Crippen LogP contribution in [0.5, 0.6) is 0 Å². The summed E-state index contributed by atoms with van der Waals surface area (Å²) in [7, 11) is 0. The maximum absolute atomic E-state index is 12.5. The number of esters is 1. The van der Waals surface area contributed by atoms with Crippen molar-refractivity contribution in [2.75, 3.05) is 13.2 Å². The van der Waals surface area contributed by atoms with Crippen molar-refractivity contribution in [2.24, 2.45) is 0 Å². The molecule has 0 aliphatic rings. The van der Waals surface area contributed by atoms with Gasteiger partial charge in [0.15, 0.2) is 0 Å². The Morgan fingerprint density at radius 1 is 0.364 bits per heavy atom. The summed E-state index contributed by atoms with van der Waals surface area (Å²) in [5.74, 6) is -0.0195. The Labute approximate surface area is 481 Å². The first kappa shape index (κ1) is 75.1. The molecule has 0 radical (unpaired) electrons. The highest BCUT2D eigenvalue weighted by atomic mass is 16.5. The summed E-state index contributed by atoms with van der Waals surface area (Å²) in [5.41, 5.74) is 0. The summed E-state index contributed by atoms with van der Waals surface area (Å²) in [6.45, 7) is 4.94. The smallest absolute Gasteiger partial charge is 0.305 e. The van der Waals surface area contributed by atoms with Gasteiger partial charge in [-0.2, -0.15) is 0 Å². The standard InChI is InChI=1S/C71H135NO5/c1-3-5-7-9-11-13-15-16-17-18-31-35-38-41-45-49-53-57-61-65-71(76)77-66-62-58-54-50-46-42-39-36-33-30-28-26-24-22-20-19-21-23-25-27-29-32-34-37-40-44-48-52-56-60-64-70(75)72-68(67-73)69(74)63-59-55-51-47-43-14-12-10-8-6-4-2/h11,13,16-17,20,22,68-69,73-74H,3-10,12,14-15,18-19,21,23-67H2,1-2H3,(H,72,75)/b13-11-,17-16-,22-20-. The minimum absolute atomic E-state index is 0.0136. The van der Waals surface area contributed by atoms with Crippen molar-refractivity contribution in [3.63, 3.8) is 0 Å². The lowest BCUT2D eigenvalue weighted by Gasteiger charge is -2.22. The minimum atomic E-state index is -0.662. The van der Waals surface area contributed by atoms with Crippen LogP contribution in [0, 0.1) is 0 Å². The third-order valence-electron chi connectivity index (χ3n) is 16.2. The number of ether oxygens (including phenoxy) is 1. The van der Waals surface area contributed by atoms with Crippen molar-refractivity contribution >= 4 is 11.9 Å². The first-order valence-corrected chi connectivity index (χ1v) is 34.7. The average Bonchev–Trinajstić information content (AvgIpc) is 3.43. The normalized spacial score (nSPS) is 12.7. The first-order valence-electron chi connectivity index (χ1n) is 34.7. The lowest BCUT2D eigenvalue weighted by atomic mass is 10.0. The second-order valence-corrected chi connectivity index (χ2v) is 23.9. The molecular formula is C71H135NO5. The Kier molecular flexibility index (Phi) is 64.9. The summed E-state index contributed by atoms with van der Waals surface area (Å²) in [4.78, 5) is 24.6. The molecule has 0 saturated carbocycles. The van der Waals surface area contributed by atoms with Crippen LogP contribution in [-0.2, 0) is 14.3 Å². The molecule has 0 bridgehead atoms. The molecule has 1 amide bonds. The molecule has 0 spiro atoms. The number of aliphatic hydroxyl groups excluding tert-OH is 2. The fourth-order valence-electron chi connectivity index (χ4n) is 10.8. The van der Waals surface area contributed by atoms with Crippen LogP contribution in [-0.4, -0.2) is 47.4 Å². The van der Waals surface area contributed by atoms with E-state index < -0.39 is 12.1 Å². The van der Waals surface area contributed by atoms with E-state index in [-0.39, 0.29) is 18.5 Å². The van der Waals surface area contributed by atoms with E-state index in [2.05, 4.69) is 55.6 Å². The van der Waals surface area contributed by atoms with Crippen LogP contribution in [0.25, 0.3) is 0 Å². The van der Waals surface area contributed by atoms with Crippen LogP contribution in [0.3, 0.4) is 0 Å². The summed E-state index contributed by atoms with van der Waals surface area (Å²) >= 11 is 0. The highest BCUT2D eigenvalue weighted by Crippen LogP contribution is 2.18. The predicted molar refractivity (Wildman–Crippen MR) is 338 cm³/mol. The number of unbranched alkanes of at least 4 members (excludes halogenated alkanes) is 48. The molecule has 0 fully saturated rings. The molecule has 454 valence electrons. The number of rotatable bonds is 65. The van der Waals surface area contributed by atoms with Crippen molar-refractivity contribution in [1.29, 1.82) is 0 Å². The molecule has 0 aromatic heterocycles. The summed E-state index contributed by atoms with van der Waals surface area (Å²) in [6, 6.07) is -0.539. The second kappa shape index (κ2) is 66.6. The molecule has 0 rings (SSSR count). The van der Waals surface area contributed by atoms with Gasteiger partial charge >= 0.3 is 5.97 Å². The van der Waals surface area contributed by atoms with Crippen molar-refractivity contribution < 1.29 is 24.5 Å². The topological polar surface area (TPSA) is 95.9 Å². The molecule has 0 saturated heterocycles. The molecule has 6 heteroatoms. The lowest BCUT2D eigenvalue weighted by molar-refractivity contribution is -0.143. The second-order valence-electron chi connectivity index (χ2n) is 23.9. The Morgan fingerprint density at radius 3 is 1.03 bits per heavy atom. The zero-order valence-electron chi connectivity index (χ0n) is 52.0. The van der Waals surface area contributed by atoms with Gasteiger partial charge in [0.05, 0.1) is 25.4 Å². The summed E-state index contributed by atoms with van der Waals surface area (Å²) in [6.07, 6.45) is 84.8. The highest BCUT2D eigenvalue weighted by Gasteiger charge is 2.20. The largest absolute Gasteiger partial charge is 0.466 e. The average molecular weight is 1080 g/mol. The molecular weight excluding hydrogens is 947 g/mol. The Balaban J connectivity index is 3.34. The van der Waals surface area contributed by atoms with Crippen LogP contribution in [0.1, 0.15) is 380 Å². The number of nitrogens with one attached hydrogen (secondary N) is 1. The van der Waals surface area contributed by atoms with Crippen LogP contribution >= 0.6 is 0 Å². The number of carbonyl (C=O) groups is 2. The van der Waals surface area contributed by atoms with Crippen LogP contribution < -0.4 is 5.32 Å². The molecule has 0 aliphatic heterocycles. The van der Waals surface area contributed by atoms with Gasteiger partial charge in [-0.15, -0.1) is 0 Å². The maximum Gasteiger partial charge on any atom is 0.305 e. The monoisotopic (exact) mass is 1080 g/mol. The molecule has 0 aromatic carbocycles. The molecule has 2 unspecified atom stereocenters. The number of hydrogen-bond donors (Lipinski definition) is 3. The van der Waals surface area contributed by atoms with Crippen molar-refractivity contribution in [3.05, 3.63) is 36.5 Å². The van der Waals surface area contributed by atoms with Gasteiger partial charge < -0.3 is 20.3 Å². The van der Waals surface area contributed by atoms with Crippen LogP contribution in [0.15, 0.2) is 36.5 Å². The van der Waals surface area contributed by atoms with Gasteiger partial charge in [-0.25, -0.2) is 0 Å². The number of carbonyl (C=O) groups excluding carboxylic acids is 2. The number of allylic oxidation sites excluding steroid dienone is 6. The third kappa shape index (κ3) is 63.1. The molecule has 6 nitrogen and oxygen atoms in total. The Bertz CT molecular complexity index is 1250. The van der Waals surface area contributed by atoms with Crippen molar-refractivity contribution in [2.45, 2.75) is 392 Å². The quantitative estimate of drug-likeness (QED) is 0.0320. The number of hydrogen-bond acceptors (Lipinski definition) is 5. The molecule has 0 aliphatic carbocycles. The van der Waals surface area contributed by atoms with Gasteiger partial charge in [0, 0.05) is 12.8 Å². The van der Waals surface area contributed by atoms with E-state index in [0.29, 0.717) is 25.9 Å². The van der Waals surface area contributed by atoms with Crippen molar-refractivity contribution in [1.82, 2.24) is 5.32 Å². The van der Waals surface area contributed by atoms with Gasteiger partial charge in [-0.05, 0) is 83.5 Å². The highest BCUT2D eigenvalue weighted by molar-refractivity contribution is 5.76. The fraction of sp³-hybridized carbons (Fsp3) is 0.887. The Hall–Kier alpha value is -1.92. The third-order valence-corrected chi connectivity index (χ3v) is 16.2. The molecule has 77 heavy (non-hydrogen) atoms. The van der Waals surface area contributed by atoms with E-state index >= 15 is 0 Å². The van der Waals surface area contributed by atoms with E-state index in [1.807, 2.05) is 0 Å². The first-order chi connectivity index (χ1) is 38.0. The molecule has 0 aromatic rings. The zero-order valence-corrected chi connectivity index (χ0v) is 52.0. The lowest BCUT2D eigenvalue weighted by Crippen LogP contribution is -2.45. The van der Waals surface area contributed by atoms with Crippen LogP contribution in [0.4, 0.5) is 0 Å². The van der Waals surface area contributed by atoms with Gasteiger partial charge in [-0.1, -0.05) is 320 Å². The number of aliphatic hydroxyl groups is 2. The predicted octanol–water partition coefficient (Wildman–Crippen LogP) is 22.3. The van der Waals surface area contributed by atoms with Gasteiger partial charge in [0.1, 0.15) is 0 Å². The fourth-order valence-corrected chi connectivity index (χ4v) is 10.8. The maximum atomic E-state index is 12.5. The molecule has 3 N–H and O–H groups in total. The van der Waals surface area contributed by atoms with E-state index in [4.69, 9.17) is 4.74 Å². The van der Waals surface area contributed by atoms with Gasteiger partial charge in [-0.3, -0.25) is 9.59 Å².